The maximum atomic E-state index is 14.4. The molecule has 1 heterocycles. The standard InChI is InChI=1S/C30H36F6N2O6S/c1-8-45(42,43)21-13-14-22-18(17-21)15-16-38(24(40)44-26(5,6)7)27(22,25(2,3)4)23(39)37-20-11-9-19(10-12-20)28(41,29(31,32)33)30(34,35)36/h9-14,17,41H,8,15-16H2,1-7H3,(H,37,39). The molecule has 0 saturated carbocycles. The molecule has 0 bridgehead atoms. The van der Waals surface area contributed by atoms with E-state index in [1.165, 1.54) is 30.0 Å². The van der Waals surface area contributed by atoms with Crippen LogP contribution < -0.4 is 5.32 Å². The molecule has 2 amide bonds. The molecule has 1 atom stereocenters. The molecule has 0 saturated heterocycles. The van der Waals surface area contributed by atoms with E-state index in [0.717, 1.165) is 12.1 Å². The van der Waals surface area contributed by atoms with Gasteiger partial charge in [0.15, 0.2) is 15.4 Å². The van der Waals surface area contributed by atoms with Gasteiger partial charge in [-0.2, -0.15) is 26.3 Å². The summed E-state index contributed by atoms with van der Waals surface area (Å²) in [5.41, 5.74) is -10.3. The van der Waals surface area contributed by atoms with Crippen molar-refractivity contribution in [3.63, 3.8) is 0 Å². The maximum absolute atomic E-state index is 14.4. The Kier molecular flexibility index (Phi) is 9.22. The highest BCUT2D eigenvalue weighted by atomic mass is 32.2. The minimum Gasteiger partial charge on any atom is -0.444 e. The van der Waals surface area contributed by atoms with Gasteiger partial charge in [-0.05, 0) is 68.0 Å². The topological polar surface area (TPSA) is 113 Å². The monoisotopic (exact) mass is 666 g/mol. The molecular weight excluding hydrogens is 630 g/mol. The Bertz CT molecular complexity index is 1540. The molecule has 0 radical (unpaired) electrons. The van der Waals surface area contributed by atoms with Gasteiger partial charge < -0.3 is 15.2 Å². The van der Waals surface area contributed by atoms with Crippen LogP contribution in [0, 0.1) is 5.41 Å². The van der Waals surface area contributed by atoms with Crippen molar-refractivity contribution in [1.82, 2.24) is 4.90 Å². The van der Waals surface area contributed by atoms with Crippen LogP contribution in [0.3, 0.4) is 0 Å². The second-order valence-electron chi connectivity index (χ2n) is 12.8. The first-order valence-electron chi connectivity index (χ1n) is 13.9. The zero-order chi connectivity index (χ0) is 34.6. The summed E-state index contributed by atoms with van der Waals surface area (Å²) >= 11 is 0. The molecule has 1 aliphatic rings. The highest BCUT2D eigenvalue weighted by Gasteiger charge is 2.71. The summed E-state index contributed by atoms with van der Waals surface area (Å²) < 4.78 is 111. The Hall–Kier alpha value is -3.33. The Morgan fingerprint density at radius 3 is 1.91 bits per heavy atom. The van der Waals surface area contributed by atoms with Gasteiger partial charge in [0, 0.05) is 17.8 Å². The normalized spacial score (nSPS) is 18.3. The number of amides is 2. The van der Waals surface area contributed by atoms with Gasteiger partial charge in [0.05, 0.1) is 10.6 Å². The van der Waals surface area contributed by atoms with E-state index in [4.69, 9.17) is 4.74 Å². The third-order valence-corrected chi connectivity index (χ3v) is 9.36. The number of alkyl halides is 6. The van der Waals surface area contributed by atoms with Crippen molar-refractivity contribution in [1.29, 1.82) is 0 Å². The number of ether oxygens (including phenoxy) is 1. The van der Waals surface area contributed by atoms with Gasteiger partial charge >= 0.3 is 18.4 Å². The van der Waals surface area contributed by atoms with E-state index in [1.54, 1.807) is 41.5 Å². The lowest BCUT2D eigenvalue weighted by molar-refractivity contribution is -0.376. The van der Waals surface area contributed by atoms with Gasteiger partial charge in [-0.15, -0.1) is 0 Å². The number of nitrogens with zero attached hydrogens (tertiary/aromatic N) is 1. The summed E-state index contributed by atoms with van der Waals surface area (Å²) in [7, 11) is -3.65. The molecule has 2 N–H and O–H groups in total. The number of carbonyl (C=O) groups is 2. The van der Waals surface area contributed by atoms with E-state index >= 15 is 0 Å². The summed E-state index contributed by atoms with van der Waals surface area (Å²) in [6.45, 7) is 11.2. The third-order valence-electron chi connectivity index (χ3n) is 7.62. The minimum absolute atomic E-state index is 0.00934. The number of fused-ring (bicyclic) bond motifs is 1. The number of halogens is 6. The number of hydrogen-bond acceptors (Lipinski definition) is 6. The van der Waals surface area contributed by atoms with Crippen molar-refractivity contribution < 1.29 is 54.2 Å². The molecule has 15 heteroatoms. The SMILES string of the molecule is CCS(=O)(=O)c1ccc2c(c1)CCN(C(=O)OC(C)(C)C)C2(C(=O)Nc1ccc(C(O)(C(F)(F)F)C(F)(F)F)cc1)C(C)(C)C. The number of rotatable bonds is 5. The lowest BCUT2D eigenvalue weighted by Crippen LogP contribution is -2.66. The van der Waals surface area contributed by atoms with Crippen LogP contribution in [0.25, 0.3) is 0 Å². The number of sulfone groups is 1. The van der Waals surface area contributed by atoms with Gasteiger partial charge in [-0.1, -0.05) is 45.9 Å². The minimum atomic E-state index is -6.10. The van der Waals surface area contributed by atoms with Gasteiger partial charge in [0.25, 0.3) is 11.5 Å². The Labute approximate surface area is 257 Å². The largest absolute Gasteiger partial charge is 0.444 e. The van der Waals surface area contributed by atoms with Gasteiger partial charge in [0.2, 0.25) is 0 Å². The lowest BCUT2D eigenvalue weighted by Gasteiger charge is -2.53. The molecule has 1 unspecified atom stereocenters. The summed E-state index contributed by atoms with van der Waals surface area (Å²) in [6.07, 6.45) is -12.9. The molecular formula is C30H36F6N2O6S. The maximum Gasteiger partial charge on any atom is 0.430 e. The molecule has 2 aromatic carbocycles. The first-order valence-corrected chi connectivity index (χ1v) is 15.5. The predicted octanol–water partition coefficient (Wildman–Crippen LogP) is 6.47. The number of hydrogen-bond donors (Lipinski definition) is 2. The van der Waals surface area contributed by atoms with Crippen molar-refractivity contribution in [2.75, 3.05) is 17.6 Å². The molecule has 45 heavy (non-hydrogen) atoms. The Morgan fingerprint density at radius 1 is 0.933 bits per heavy atom. The van der Waals surface area contributed by atoms with Crippen LogP contribution in [0.1, 0.15) is 65.2 Å². The number of aliphatic hydroxyl groups is 1. The lowest BCUT2D eigenvalue weighted by atomic mass is 9.64. The summed E-state index contributed by atoms with van der Waals surface area (Å²) in [5.74, 6) is -1.07. The third kappa shape index (κ3) is 6.38. The van der Waals surface area contributed by atoms with E-state index < -0.39 is 61.9 Å². The zero-order valence-electron chi connectivity index (χ0n) is 25.8. The average Bonchev–Trinajstić information content (AvgIpc) is 2.88. The van der Waals surface area contributed by atoms with Crippen molar-refractivity contribution in [2.45, 2.75) is 88.9 Å². The van der Waals surface area contributed by atoms with Crippen molar-refractivity contribution >= 4 is 27.5 Å². The van der Waals surface area contributed by atoms with Crippen LogP contribution in [0.4, 0.5) is 36.8 Å². The van der Waals surface area contributed by atoms with Crippen LogP contribution in [0.15, 0.2) is 47.4 Å². The summed E-state index contributed by atoms with van der Waals surface area (Å²) in [4.78, 5) is 29.3. The van der Waals surface area contributed by atoms with E-state index in [1.807, 2.05) is 0 Å². The second kappa shape index (κ2) is 11.5. The predicted molar refractivity (Wildman–Crippen MR) is 153 cm³/mol. The number of carbonyl (C=O) groups excluding carboxylic acids is 2. The van der Waals surface area contributed by atoms with Crippen molar-refractivity contribution in [3.8, 4) is 0 Å². The fourth-order valence-corrected chi connectivity index (χ4v) is 6.41. The smallest absolute Gasteiger partial charge is 0.430 e. The van der Waals surface area contributed by atoms with E-state index in [0.29, 0.717) is 17.7 Å². The Balaban J connectivity index is 2.22. The molecule has 2 aromatic rings. The zero-order valence-corrected chi connectivity index (χ0v) is 26.6. The number of anilines is 1. The van der Waals surface area contributed by atoms with Crippen LogP contribution in [-0.4, -0.2) is 60.7 Å². The molecule has 0 spiro atoms. The van der Waals surface area contributed by atoms with Crippen LogP contribution in [-0.2, 0) is 36.9 Å². The average molecular weight is 667 g/mol. The van der Waals surface area contributed by atoms with Crippen LogP contribution >= 0.6 is 0 Å². The molecule has 0 aromatic heterocycles. The van der Waals surface area contributed by atoms with E-state index in [9.17, 15) is 49.5 Å². The number of nitrogens with one attached hydrogen (secondary N) is 1. The van der Waals surface area contributed by atoms with Crippen molar-refractivity contribution in [2.24, 2.45) is 5.41 Å². The fourth-order valence-electron chi connectivity index (χ4n) is 5.48. The van der Waals surface area contributed by atoms with Gasteiger partial charge in [0.1, 0.15) is 5.60 Å². The number of benzene rings is 2. The first-order chi connectivity index (χ1) is 20.2. The molecule has 0 aliphatic carbocycles. The van der Waals surface area contributed by atoms with Gasteiger partial charge in [-0.25, -0.2) is 13.2 Å². The Morgan fingerprint density at radius 2 is 1.47 bits per heavy atom. The molecule has 1 aliphatic heterocycles. The fraction of sp³-hybridized carbons (Fsp3) is 0.533. The highest BCUT2D eigenvalue weighted by Crippen LogP contribution is 2.51. The van der Waals surface area contributed by atoms with Crippen LogP contribution in [0.5, 0.6) is 0 Å². The quantitative estimate of drug-likeness (QED) is 0.354. The van der Waals surface area contributed by atoms with E-state index in [2.05, 4.69) is 5.32 Å². The summed E-state index contributed by atoms with van der Waals surface area (Å²) in [6, 6.07) is 6.49. The first kappa shape index (κ1) is 36.1. The molecule has 8 nitrogen and oxygen atoms in total. The molecule has 0 fully saturated rings. The molecule has 250 valence electrons. The van der Waals surface area contributed by atoms with Crippen LogP contribution in [0.2, 0.25) is 0 Å². The van der Waals surface area contributed by atoms with E-state index in [-0.39, 0.29) is 34.9 Å². The summed E-state index contributed by atoms with van der Waals surface area (Å²) in [5, 5.41) is 12.2. The van der Waals surface area contributed by atoms with Crippen molar-refractivity contribution in [3.05, 3.63) is 59.2 Å². The highest BCUT2D eigenvalue weighted by molar-refractivity contribution is 7.91. The van der Waals surface area contributed by atoms with Gasteiger partial charge in [-0.3, -0.25) is 9.69 Å². The second-order valence-corrected chi connectivity index (χ2v) is 15.1. The molecule has 3 rings (SSSR count).